The van der Waals surface area contributed by atoms with Gasteiger partial charge in [-0.3, -0.25) is 14.6 Å². The van der Waals surface area contributed by atoms with Crippen molar-refractivity contribution in [2.24, 2.45) is 7.05 Å². The van der Waals surface area contributed by atoms with Crippen molar-refractivity contribution < 1.29 is 14.7 Å². The van der Waals surface area contributed by atoms with E-state index in [9.17, 15) is 14.7 Å². The molecule has 0 radical (unpaired) electrons. The van der Waals surface area contributed by atoms with Gasteiger partial charge in [-0.2, -0.15) is 10.2 Å². The third-order valence-electron chi connectivity index (χ3n) is 4.59. The fourth-order valence-corrected chi connectivity index (χ4v) is 3.22. The molecule has 0 saturated heterocycles. The molecule has 1 amide bonds. The van der Waals surface area contributed by atoms with Gasteiger partial charge in [-0.1, -0.05) is 30.3 Å². The molecule has 1 aromatic carbocycles. The van der Waals surface area contributed by atoms with Crippen LogP contribution in [0.3, 0.4) is 0 Å². The molecular formula is C18H17N5O3. The van der Waals surface area contributed by atoms with Crippen molar-refractivity contribution in [3.05, 3.63) is 59.0 Å². The van der Waals surface area contributed by atoms with Crippen LogP contribution in [0.25, 0.3) is 11.3 Å². The first kappa shape index (κ1) is 16.1. The molecule has 2 N–H and O–H groups in total. The van der Waals surface area contributed by atoms with E-state index in [1.54, 1.807) is 22.7 Å². The fourth-order valence-electron chi connectivity index (χ4n) is 3.22. The number of carboxylic acids is 1. The van der Waals surface area contributed by atoms with Crippen molar-refractivity contribution in [3.8, 4) is 11.3 Å². The maximum absolute atomic E-state index is 13.0. The van der Waals surface area contributed by atoms with Gasteiger partial charge in [0.15, 0.2) is 5.69 Å². The maximum atomic E-state index is 13.0. The SMILES string of the molecule is Cn1nc(-c2ccccc2)cc1C(=O)N1CCc2[nH]nc(C(=O)O)c2C1. The minimum Gasteiger partial charge on any atom is -0.476 e. The number of fused-ring (bicyclic) bond motifs is 1. The first-order valence-corrected chi connectivity index (χ1v) is 8.22. The summed E-state index contributed by atoms with van der Waals surface area (Å²) >= 11 is 0. The number of carbonyl (C=O) groups is 2. The van der Waals surface area contributed by atoms with Crippen molar-refractivity contribution in [2.75, 3.05) is 6.54 Å². The number of aromatic amines is 1. The summed E-state index contributed by atoms with van der Waals surface area (Å²) in [5, 5.41) is 20.3. The number of nitrogens with one attached hydrogen (secondary N) is 1. The van der Waals surface area contributed by atoms with Crippen molar-refractivity contribution in [1.82, 2.24) is 24.9 Å². The van der Waals surface area contributed by atoms with E-state index in [0.29, 0.717) is 24.2 Å². The molecule has 2 aromatic heterocycles. The molecule has 3 aromatic rings. The minimum atomic E-state index is -1.09. The van der Waals surface area contributed by atoms with Crippen LogP contribution >= 0.6 is 0 Å². The van der Waals surface area contributed by atoms with Gasteiger partial charge in [0.1, 0.15) is 5.69 Å². The van der Waals surface area contributed by atoms with Gasteiger partial charge in [-0.15, -0.1) is 0 Å². The summed E-state index contributed by atoms with van der Waals surface area (Å²) in [6, 6.07) is 11.4. The molecule has 0 aliphatic carbocycles. The number of aromatic nitrogens is 4. The molecule has 3 heterocycles. The Kier molecular flexibility index (Phi) is 3.80. The number of H-pyrrole nitrogens is 1. The zero-order chi connectivity index (χ0) is 18.3. The van der Waals surface area contributed by atoms with Gasteiger partial charge in [0.25, 0.3) is 5.91 Å². The lowest BCUT2D eigenvalue weighted by Gasteiger charge is -2.26. The molecule has 0 atom stereocenters. The van der Waals surface area contributed by atoms with Crippen molar-refractivity contribution in [2.45, 2.75) is 13.0 Å². The van der Waals surface area contributed by atoms with Crippen LogP contribution in [0.5, 0.6) is 0 Å². The summed E-state index contributed by atoms with van der Waals surface area (Å²) in [6.07, 6.45) is 0.546. The highest BCUT2D eigenvalue weighted by Crippen LogP contribution is 2.24. The van der Waals surface area contributed by atoms with Crippen molar-refractivity contribution in [3.63, 3.8) is 0 Å². The Labute approximate surface area is 149 Å². The quantitative estimate of drug-likeness (QED) is 0.747. The molecule has 1 aliphatic heterocycles. The van der Waals surface area contributed by atoms with Crippen LogP contribution in [-0.2, 0) is 20.0 Å². The van der Waals surface area contributed by atoms with Crippen LogP contribution in [0.2, 0.25) is 0 Å². The Morgan fingerprint density at radius 1 is 1.23 bits per heavy atom. The predicted octanol–water partition coefficient (Wildman–Crippen LogP) is 1.71. The van der Waals surface area contributed by atoms with Crippen LogP contribution in [-0.4, -0.2) is 48.4 Å². The van der Waals surface area contributed by atoms with Crippen LogP contribution < -0.4 is 0 Å². The predicted molar refractivity (Wildman–Crippen MR) is 92.6 cm³/mol. The summed E-state index contributed by atoms with van der Waals surface area (Å²) in [7, 11) is 1.73. The Morgan fingerprint density at radius 2 is 2.00 bits per heavy atom. The average Bonchev–Trinajstić information content (AvgIpc) is 3.25. The van der Waals surface area contributed by atoms with E-state index in [4.69, 9.17) is 0 Å². The number of amides is 1. The van der Waals surface area contributed by atoms with E-state index in [2.05, 4.69) is 15.3 Å². The highest BCUT2D eigenvalue weighted by atomic mass is 16.4. The largest absolute Gasteiger partial charge is 0.476 e. The summed E-state index contributed by atoms with van der Waals surface area (Å²) in [5.41, 5.74) is 3.46. The second-order valence-corrected chi connectivity index (χ2v) is 6.22. The zero-order valence-electron chi connectivity index (χ0n) is 14.1. The third-order valence-corrected chi connectivity index (χ3v) is 4.59. The molecule has 8 nitrogen and oxygen atoms in total. The number of hydrogen-bond acceptors (Lipinski definition) is 4. The number of nitrogens with zero attached hydrogens (tertiary/aromatic N) is 4. The second-order valence-electron chi connectivity index (χ2n) is 6.22. The summed E-state index contributed by atoms with van der Waals surface area (Å²) in [6.45, 7) is 0.719. The minimum absolute atomic E-state index is 0.0209. The Morgan fingerprint density at radius 3 is 2.73 bits per heavy atom. The Balaban J connectivity index is 1.62. The molecule has 1 aliphatic rings. The van der Waals surface area contributed by atoms with Crippen molar-refractivity contribution in [1.29, 1.82) is 0 Å². The monoisotopic (exact) mass is 351 g/mol. The number of benzene rings is 1. The first-order chi connectivity index (χ1) is 12.5. The molecule has 0 unspecified atom stereocenters. The zero-order valence-corrected chi connectivity index (χ0v) is 14.1. The molecule has 0 fully saturated rings. The lowest BCUT2D eigenvalue weighted by molar-refractivity contribution is 0.0671. The van der Waals surface area contributed by atoms with Gasteiger partial charge in [0.2, 0.25) is 0 Å². The molecule has 8 heteroatoms. The molecule has 132 valence electrons. The van der Waals surface area contributed by atoms with Crippen LogP contribution in [0.15, 0.2) is 36.4 Å². The van der Waals surface area contributed by atoms with Crippen LogP contribution in [0, 0.1) is 0 Å². The smallest absolute Gasteiger partial charge is 0.356 e. The highest BCUT2D eigenvalue weighted by Gasteiger charge is 2.29. The van der Waals surface area contributed by atoms with Crippen LogP contribution in [0.4, 0.5) is 0 Å². The van der Waals surface area contributed by atoms with Gasteiger partial charge in [-0.25, -0.2) is 4.79 Å². The molecule has 26 heavy (non-hydrogen) atoms. The van der Waals surface area contributed by atoms with Crippen molar-refractivity contribution >= 4 is 11.9 Å². The highest BCUT2D eigenvalue weighted by molar-refractivity contribution is 5.94. The van der Waals surface area contributed by atoms with E-state index in [1.807, 2.05) is 30.3 Å². The Hall–Kier alpha value is -3.42. The Bertz CT molecular complexity index is 990. The molecule has 0 spiro atoms. The van der Waals surface area contributed by atoms with E-state index in [0.717, 1.165) is 17.0 Å². The lowest BCUT2D eigenvalue weighted by atomic mass is 10.0. The molecular weight excluding hydrogens is 334 g/mol. The maximum Gasteiger partial charge on any atom is 0.356 e. The number of carbonyl (C=O) groups excluding carboxylic acids is 1. The van der Waals surface area contributed by atoms with Crippen LogP contribution in [0.1, 0.15) is 32.2 Å². The van der Waals surface area contributed by atoms with Gasteiger partial charge >= 0.3 is 5.97 Å². The fraction of sp³-hybridized carbons (Fsp3) is 0.222. The van der Waals surface area contributed by atoms with Gasteiger partial charge in [0, 0.05) is 36.8 Å². The number of aromatic carboxylic acids is 1. The summed E-state index contributed by atoms with van der Waals surface area (Å²) in [4.78, 5) is 25.9. The average molecular weight is 351 g/mol. The van der Waals surface area contributed by atoms with E-state index < -0.39 is 5.97 Å². The number of hydrogen-bond donors (Lipinski definition) is 2. The normalized spacial score (nSPS) is 13.5. The number of rotatable bonds is 3. The lowest BCUT2D eigenvalue weighted by Crippen LogP contribution is -2.37. The second kappa shape index (κ2) is 6.14. The summed E-state index contributed by atoms with van der Waals surface area (Å²) in [5.74, 6) is -1.27. The topological polar surface area (TPSA) is 104 Å². The number of carboxylic acid groups (broad SMARTS) is 1. The van der Waals surface area contributed by atoms with Gasteiger partial charge in [-0.05, 0) is 6.07 Å². The summed E-state index contributed by atoms with van der Waals surface area (Å²) < 4.78 is 1.56. The first-order valence-electron chi connectivity index (χ1n) is 8.22. The van der Waals surface area contributed by atoms with E-state index >= 15 is 0 Å². The number of aryl methyl sites for hydroxylation is 1. The molecule has 0 saturated carbocycles. The standard InChI is InChI=1S/C18H17N5O3/c1-22-15(9-14(21-22)11-5-3-2-4-6-11)17(24)23-8-7-13-12(10-23)16(18(25)26)20-19-13/h2-6,9H,7-8,10H2,1H3,(H,19,20)(H,25,26). The van der Waals surface area contributed by atoms with E-state index in [-0.39, 0.29) is 18.1 Å². The third kappa shape index (κ3) is 2.65. The van der Waals surface area contributed by atoms with Gasteiger partial charge < -0.3 is 10.0 Å². The molecule has 4 rings (SSSR count). The van der Waals surface area contributed by atoms with E-state index in [1.165, 1.54) is 0 Å². The van der Waals surface area contributed by atoms with Gasteiger partial charge in [0.05, 0.1) is 12.2 Å². The molecule has 0 bridgehead atoms.